The van der Waals surface area contributed by atoms with Gasteiger partial charge in [0.1, 0.15) is 5.82 Å². The highest BCUT2D eigenvalue weighted by atomic mass is 16.3. The number of aromatic hydroxyl groups is 2. The van der Waals surface area contributed by atoms with Crippen molar-refractivity contribution in [1.82, 2.24) is 15.4 Å². The molecule has 0 aliphatic carbocycles. The molecule has 3 rings (SSSR count). The molecular weight excluding hydrogens is 348 g/mol. The third-order valence-electron chi connectivity index (χ3n) is 3.88. The second-order valence-electron chi connectivity index (χ2n) is 5.92. The minimum Gasteiger partial charge on any atom is -0.504 e. The highest BCUT2D eigenvalue weighted by Gasteiger charge is 2.05. The van der Waals surface area contributed by atoms with Crippen molar-refractivity contribution in [1.29, 1.82) is 0 Å². The summed E-state index contributed by atoms with van der Waals surface area (Å²) in [6.07, 6.45) is 2.54. The number of rotatable bonds is 6. The summed E-state index contributed by atoms with van der Waals surface area (Å²) < 4.78 is 0. The quantitative estimate of drug-likeness (QED) is 0.300. The van der Waals surface area contributed by atoms with Crippen LogP contribution in [0.2, 0.25) is 0 Å². The maximum Gasteiger partial charge on any atom is 0.258 e. The van der Waals surface area contributed by atoms with Crippen LogP contribution >= 0.6 is 0 Å². The van der Waals surface area contributed by atoms with Gasteiger partial charge in [0.2, 0.25) is 5.91 Å². The molecule has 0 bridgehead atoms. The number of amides is 1. The average Bonchev–Trinajstić information content (AvgIpc) is 2.65. The summed E-state index contributed by atoms with van der Waals surface area (Å²) in [5, 5.41) is 23.0. The van der Waals surface area contributed by atoms with Crippen LogP contribution in [-0.4, -0.2) is 32.3 Å². The largest absolute Gasteiger partial charge is 0.504 e. The number of carbonyl (C=O) groups excluding carboxylic acids is 1. The second-order valence-corrected chi connectivity index (χ2v) is 5.92. The number of aryl methyl sites for hydroxylation is 1. The third-order valence-corrected chi connectivity index (χ3v) is 3.88. The van der Waals surface area contributed by atoms with Crippen molar-refractivity contribution in [3.05, 3.63) is 64.2 Å². The standard InChI is InChI=1S/C19H18N4O4/c24-15-9-8-12(10-16(15)25)11-20-23-18(26)7-3-6-17-21-14-5-2-1-4-13(14)19(27)22-17/h1-2,4-5,8-11,24-25H,3,6-7H2,(H,23,26)(H,21,22,27)/b20-11+. The van der Waals surface area contributed by atoms with Crippen molar-refractivity contribution in [3.63, 3.8) is 0 Å². The molecule has 138 valence electrons. The van der Waals surface area contributed by atoms with Gasteiger partial charge in [-0.3, -0.25) is 9.59 Å². The van der Waals surface area contributed by atoms with Crippen molar-refractivity contribution < 1.29 is 15.0 Å². The van der Waals surface area contributed by atoms with E-state index in [9.17, 15) is 19.8 Å². The molecule has 8 nitrogen and oxygen atoms in total. The summed E-state index contributed by atoms with van der Waals surface area (Å²) >= 11 is 0. The van der Waals surface area contributed by atoms with E-state index in [-0.39, 0.29) is 29.4 Å². The number of aromatic nitrogens is 2. The van der Waals surface area contributed by atoms with Gasteiger partial charge in [0.15, 0.2) is 11.5 Å². The van der Waals surface area contributed by atoms with Crippen LogP contribution in [0.15, 0.2) is 52.4 Å². The third kappa shape index (κ3) is 4.69. The molecule has 1 amide bonds. The summed E-state index contributed by atoms with van der Waals surface area (Å²) in [5.74, 6) is -0.231. The number of phenols is 2. The number of fused-ring (bicyclic) bond motifs is 1. The van der Waals surface area contributed by atoms with Crippen LogP contribution in [-0.2, 0) is 11.2 Å². The SMILES string of the molecule is O=C(CCCc1nc2ccccc2c(=O)[nH]1)N/N=C/c1ccc(O)c(O)c1. The summed E-state index contributed by atoms with van der Waals surface area (Å²) in [6.45, 7) is 0. The Morgan fingerprint density at radius 3 is 2.81 bits per heavy atom. The fraction of sp³-hybridized carbons (Fsp3) is 0.158. The molecule has 0 aliphatic rings. The van der Waals surface area contributed by atoms with Gasteiger partial charge >= 0.3 is 0 Å². The smallest absolute Gasteiger partial charge is 0.258 e. The van der Waals surface area contributed by atoms with Crippen molar-refractivity contribution in [2.75, 3.05) is 0 Å². The lowest BCUT2D eigenvalue weighted by Gasteiger charge is -2.03. The lowest BCUT2D eigenvalue weighted by atomic mass is 10.2. The number of carbonyl (C=O) groups is 1. The fourth-order valence-corrected chi connectivity index (χ4v) is 2.53. The van der Waals surface area contributed by atoms with Crippen LogP contribution < -0.4 is 11.0 Å². The minimum atomic E-state index is -0.280. The first-order valence-electron chi connectivity index (χ1n) is 8.35. The zero-order chi connectivity index (χ0) is 19.2. The number of H-pyrrole nitrogens is 1. The Balaban J connectivity index is 1.50. The molecule has 1 heterocycles. The van der Waals surface area contributed by atoms with Crippen molar-refractivity contribution in [3.8, 4) is 11.5 Å². The highest BCUT2D eigenvalue weighted by Crippen LogP contribution is 2.23. The maximum atomic E-state index is 12.0. The summed E-state index contributed by atoms with van der Waals surface area (Å²) in [6, 6.07) is 11.3. The number of nitrogens with zero attached hydrogens (tertiary/aromatic N) is 2. The molecule has 0 fully saturated rings. The van der Waals surface area contributed by atoms with Gasteiger partial charge in [-0.2, -0.15) is 5.10 Å². The van der Waals surface area contributed by atoms with Gasteiger partial charge < -0.3 is 15.2 Å². The molecule has 4 N–H and O–H groups in total. The molecule has 2 aromatic carbocycles. The Kier molecular flexibility index (Phi) is 5.46. The Morgan fingerprint density at radius 1 is 1.19 bits per heavy atom. The van der Waals surface area contributed by atoms with Crippen molar-refractivity contribution >= 4 is 23.0 Å². The van der Waals surface area contributed by atoms with Crippen LogP contribution in [0, 0.1) is 0 Å². The van der Waals surface area contributed by atoms with Gasteiger partial charge in [-0.05, 0) is 42.3 Å². The lowest BCUT2D eigenvalue weighted by molar-refractivity contribution is -0.121. The van der Waals surface area contributed by atoms with E-state index in [0.717, 1.165) is 0 Å². The van der Waals surface area contributed by atoms with Crippen LogP contribution in [0.25, 0.3) is 10.9 Å². The van der Waals surface area contributed by atoms with E-state index in [1.807, 2.05) is 6.07 Å². The monoisotopic (exact) mass is 366 g/mol. The molecular formula is C19H18N4O4. The van der Waals surface area contributed by atoms with E-state index in [4.69, 9.17) is 0 Å². The number of aromatic amines is 1. The predicted molar refractivity (Wildman–Crippen MR) is 101 cm³/mol. The molecule has 0 saturated carbocycles. The molecule has 0 saturated heterocycles. The van der Waals surface area contributed by atoms with Gasteiger partial charge in [0.25, 0.3) is 5.56 Å². The van der Waals surface area contributed by atoms with Crippen LogP contribution in [0.4, 0.5) is 0 Å². The van der Waals surface area contributed by atoms with Crippen LogP contribution in [0.5, 0.6) is 11.5 Å². The Morgan fingerprint density at radius 2 is 2.00 bits per heavy atom. The summed E-state index contributed by atoms with van der Waals surface area (Å²) in [4.78, 5) is 30.9. The number of hydrogen-bond donors (Lipinski definition) is 4. The number of benzene rings is 2. The normalized spacial score (nSPS) is 11.1. The van der Waals surface area contributed by atoms with E-state index in [0.29, 0.717) is 35.1 Å². The Hall–Kier alpha value is -3.68. The molecule has 0 unspecified atom stereocenters. The molecule has 0 radical (unpaired) electrons. The number of nitrogens with one attached hydrogen (secondary N) is 2. The van der Waals surface area contributed by atoms with Gasteiger partial charge in [0.05, 0.1) is 17.1 Å². The first-order valence-corrected chi connectivity index (χ1v) is 8.35. The van der Waals surface area contributed by atoms with Crippen LogP contribution in [0.1, 0.15) is 24.2 Å². The van der Waals surface area contributed by atoms with Crippen LogP contribution in [0.3, 0.4) is 0 Å². The van der Waals surface area contributed by atoms with Crippen molar-refractivity contribution in [2.24, 2.45) is 5.10 Å². The molecule has 1 aromatic heterocycles. The average molecular weight is 366 g/mol. The maximum absolute atomic E-state index is 12.0. The van der Waals surface area contributed by atoms with Gasteiger partial charge in [0, 0.05) is 12.8 Å². The molecule has 8 heteroatoms. The van der Waals surface area contributed by atoms with E-state index in [1.165, 1.54) is 18.3 Å². The number of hydrazone groups is 1. The minimum absolute atomic E-state index is 0.193. The number of phenolic OH excluding ortho intramolecular Hbond substituents is 2. The fourth-order valence-electron chi connectivity index (χ4n) is 2.53. The lowest BCUT2D eigenvalue weighted by Crippen LogP contribution is -2.18. The predicted octanol–water partition coefficient (Wildman–Crippen LogP) is 1.81. The van der Waals surface area contributed by atoms with Crippen molar-refractivity contribution in [2.45, 2.75) is 19.3 Å². The molecule has 27 heavy (non-hydrogen) atoms. The molecule has 0 spiro atoms. The van der Waals surface area contributed by atoms with E-state index in [2.05, 4.69) is 20.5 Å². The summed E-state index contributed by atoms with van der Waals surface area (Å²) in [7, 11) is 0. The topological polar surface area (TPSA) is 128 Å². The van der Waals surface area contributed by atoms with E-state index in [1.54, 1.807) is 24.3 Å². The zero-order valence-corrected chi connectivity index (χ0v) is 14.3. The first kappa shape index (κ1) is 18.1. The second kappa shape index (κ2) is 8.13. The Labute approximate surface area is 154 Å². The van der Waals surface area contributed by atoms with E-state index < -0.39 is 0 Å². The molecule has 3 aromatic rings. The molecule has 0 aliphatic heterocycles. The Bertz CT molecular complexity index is 1060. The zero-order valence-electron chi connectivity index (χ0n) is 14.3. The first-order chi connectivity index (χ1) is 13.0. The van der Waals surface area contributed by atoms with Gasteiger partial charge in [-0.25, -0.2) is 10.4 Å². The van der Waals surface area contributed by atoms with Gasteiger partial charge in [-0.1, -0.05) is 12.1 Å². The number of hydrogen-bond acceptors (Lipinski definition) is 6. The van der Waals surface area contributed by atoms with Gasteiger partial charge in [-0.15, -0.1) is 0 Å². The van der Waals surface area contributed by atoms with E-state index >= 15 is 0 Å². The highest BCUT2D eigenvalue weighted by molar-refractivity contribution is 5.83. The molecule has 0 atom stereocenters. The number of para-hydroxylation sites is 1. The summed E-state index contributed by atoms with van der Waals surface area (Å²) in [5.41, 5.74) is 3.35.